The van der Waals surface area contributed by atoms with Gasteiger partial charge >= 0.3 is 0 Å². The second-order valence-electron chi connectivity index (χ2n) is 6.16. The first-order valence-corrected chi connectivity index (χ1v) is 8.89. The Morgan fingerprint density at radius 1 is 1.19 bits per heavy atom. The van der Waals surface area contributed by atoms with Crippen molar-refractivity contribution in [2.24, 2.45) is 0 Å². The van der Waals surface area contributed by atoms with Crippen molar-refractivity contribution < 1.29 is 0 Å². The van der Waals surface area contributed by atoms with Crippen molar-refractivity contribution in [1.82, 2.24) is 24.8 Å². The van der Waals surface area contributed by atoms with Gasteiger partial charge in [-0.15, -0.1) is 0 Å². The molecule has 26 heavy (non-hydrogen) atoms. The quantitative estimate of drug-likeness (QED) is 0.747. The molecule has 0 unspecified atom stereocenters. The molecule has 0 radical (unpaired) electrons. The molecule has 1 aliphatic rings. The SMILES string of the molecule is O=c1[nH]c(-c2cncnc2)nc2c1CN(Cc1ccc(Cl)cc1Cl)CC2. The van der Waals surface area contributed by atoms with E-state index in [1.807, 2.05) is 12.1 Å². The van der Waals surface area contributed by atoms with Crippen LogP contribution in [0.5, 0.6) is 0 Å². The zero-order valence-corrected chi connectivity index (χ0v) is 15.3. The zero-order chi connectivity index (χ0) is 18.1. The van der Waals surface area contributed by atoms with Crippen LogP contribution in [0.4, 0.5) is 0 Å². The molecule has 0 saturated carbocycles. The van der Waals surface area contributed by atoms with Crippen molar-refractivity contribution in [3.05, 3.63) is 74.1 Å². The van der Waals surface area contributed by atoms with E-state index in [1.165, 1.54) is 6.33 Å². The summed E-state index contributed by atoms with van der Waals surface area (Å²) in [4.78, 5) is 30.1. The Morgan fingerprint density at radius 2 is 2.00 bits per heavy atom. The monoisotopic (exact) mass is 387 g/mol. The first-order valence-electron chi connectivity index (χ1n) is 8.14. The van der Waals surface area contributed by atoms with Gasteiger partial charge in [0, 0.05) is 48.5 Å². The van der Waals surface area contributed by atoms with Crippen molar-refractivity contribution in [2.45, 2.75) is 19.5 Å². The highest BCUT2D eigenvalue weighted by Gasteiger charge is 2.22. The summed E-state index contributed by atoms with van der Waals surface area (Å²) in [6.45, 7) is 1.98. The summed E-state index contributed by atoms with van der Waals surface area (Å²) in [6, 6.07) is 5.48. The van der Waals surface area contributed by atoms with E-state index in [1.54, 1.807) is 18.5 Å². The summed E-state index contributed by atoms with van der Waals surface area (Å²) in [6.07, 6.45) is 5.41. The van der Waals surface area contributed by atoms with Gasteiger partial charge in [-0.3, -0.25) is 9.69 Å². The normalized spacial score (nSPS) is 14.2. The Balaban J connectivity index is 1.58. The minimum Gasteiger partial charge on any atom is -0.306 e. The summed E-state index contributed by atoms with van der Waals surface area (Å²) >= 11 is 12.2. The molecule has 0 fully saturated rings. The highest BCUT2D eigenvalue weighted by Crippen LogP contribution is 2.24. The number of nitrogens with zero attached hydrogens (tertiary/aromatic N) is 4. The van der Waals surface area contributed by atoms with Crippen molar-refractivity contribution in [1.29, 1.82) is 0 Å². The van der Waals surface area contributed by atoms with Crippen molar-refractivity contribution >= 4 is 23.2 Å². The van der Waals surface area contributed by atoms with Gasteiger partial charge in [0.2, 0.25) is 0 Å². The number of hydrogen-bond donors (Lipinski definition) is 1. The molecule has 1 N–H and O–H groups in total. The topological polar surface area (TPSA) is 74.8 Å². The molecule has 8 heteroatoms. The first kappa shape index (κ1) is 17.1. The lowest BCUT2D eigenvalue weighted by Crippen LogP contribution is -2.35. The van der Waals surface area contributed by atoms with Crippen LogP contribution < -0.4 is 5.56 Å². The van der Waals surface area contributed by atoms with Crippen molar-refractivity contribution in [2.75, 3.05) is 6.54 Å². The maximum absolute atomic E-state index is 12.6. The number of hydrogen-bond acceptors (Lipinski definition) is 5. The van der Waals surface area contributed by atoms with Crippen LogP contribution in [0.2, 0.25) is 10.0 Å². The second kappa shape index (κ2) is 7.15. The molecule has 6 nitrogen and oxygen atoms in total. The predicted octanol–water partition coefficient (Wildman–Crippen LogP) is 3.09. The van der Waals surface area contributed by atoms with E-state index in [2.05, 4.69) is 24.8 Å². The van der Waals surface area contributed by atoms with Crippen LogP contribution in [0.25, 0.3) is 11.4 Å². The Kier molecular flexibility index (Phi) is 4.72. The van der Waals surface area contributed by atoms with Gasteiger partial charge in [-0.2, -0.15) is 0 Å². The van der Waals surface area contributed by atoms with Gasteiger partial charge in [0.05, 0.1) is 16.8 Å². The number of nitrogens with one attached hydrogen (secondary N) is 1. The molecule has 3 aromatic rings. The summed E-state index contributed by atoms with van der Waals surface area (Å²) in [5.41, 5.74) is 3.08. The first-order chi connectivity index (χ1) is 12.6. The van der Waals surface area contributed by atoms with Crippen LogP contribution in [0.15, 0.2) is 41.7 Å². The van der Waals surface area contributed by atoms with Gasteiger partial charge in [0.15, 0.2) is 0 Å². The fourth-order valence-corrected chi connectivity index (χ4v) is 3.53. The smallest absolute Gasteiger partial charge is 0.255 e. The number of H-pyrrole nitrogens is 1. The maximum Gasteiger partial charge on any atom is 0.255 e. The summed E-state index contributed by atoms with van der Waals surface area (Å²) in [5, 5.41) is 1.25. The minimum absolute atomic E-state index is 0.124. The average molecular weight is 388 g/mol. The van der Waals surface area contributed by atoms with Gasteiger partial charge in [0.25, 0.3) is 5.56 Å². The Hall–Kier alpha value is -2.28. The third kappa shape index (κ3) is 3.49. The van der Waals surface area contributed by atoms with Gasteiger partial charge in [-0.1, -0.05) is 29.3 Å². The van der Waals surface area contributed by atoms with E-state index < -0.39 is 0 Å². The number of aromatic nitrogens is 4. The lowest BCUT2D eigenvalue weighted by Gasteiger charge is -2.28. The molecule has 1 aliphatic heterocycles. The third-order valence-electron chi connectivity index (χ3n) is 4.39. The summed E-state index contributed by atoms with van der Waals surface area (Å²) in [5.74, 6) is 0.503. The van der Waals surface area contributed by atoms with E-state index in [4.69, 9.17) is 23.2 Å². The van der Waals surface area contributed by atoms with Crippen LogP contribution >= 0.6 is 23.2 Å². The fourth-order valence-electron chi connectivity index (χ4n) is 3.06. The zero-order valence-electron chi connectivity index (χ0n) is 13.7. The number of rotatable bonds is 3. The van der Waals surface area contributed by atoms with Gasteiger partial charge in [0.1, 0.15) is 12.2 Å². The van der Waals surface area contributed by atoms with Crippen LogP contribution in [0, 0.1) is 0 Å². The van der Waals surface area contributed by atoms with Crippen molar-refractivity contribution in [3.63, 3.8) is 0 Å². The molecular formula is C18H15Cl2N5O. The van der Waals surface area contributed by atoms with Gasteiger partial charge in [-0.25, -0.2) is 15.0 Å². The van der Waals surface area contributed by atoms with Crippen LogP contribution in [-0.4, -0.2) is 31.4 Å². The van der Waals surface area contributed by atoms with E-state index >= 15 is 0 Å². The van der Waals surface area contributed by atoms with Crippen molar-refractivity contribution in [3.8, 4) is 11.4 Å². The van der Waals surface area contributed by atoms with E-state index in [9.17, 15) is 4.79 Å². The molecule has 0 saturated heterocycles. The fraction of sp³-hybridized carbons (Fsp3) is 0.222. The van der Waals surface area contributed by atoms with Gasteiger partial charge < -0.3 is 4.98 Å². The largest absolute Gasteiger partial charge is 0.306 e. The Bertz CT molecular complexity index is 1010. The van der Waals surface area contributed by atoms with E-state index in [0.29, 0.717) is 46.5 Å². The summed E-state index contributed by atoms with van der Waals surface area (Å²) in [7, 11) is 0. The Morgan fingerprint density at radius 3 is 2.77 bits per heavy atom. The number of benzene rings is 1. The molecule has 0 spiro atoms. The average Bonchev–Trinajstić information content (AvgIpc) is 2.65. The molecule has 1 aromatic carbocycles. The minimum atomic E-state index is -0.124. The molecule has 2 aromatic heterocycles. The third-order valence-corrected chi connectivity index (χ3v) is 4.98. The number of aromatic amines is 1. The molecule has 0 atom stereocenters. The maximum atomic E-state index is 12.6. The summed E-state index contributed by atoms with van der Waals surface area (Å²) < 4.78 is 0. The lowest BCUT2D eigenvalue weighted by atomic mass is 10.1. The Labute approximate surface area is 159 Å². The highest BCUT2D eigenvalue weighted by atomic mass is 35.5. The highest BCUT2D eigenvalue weighted by molar-refractivity contribution is 6.35. The molecule has 3 heterocycles. The lowest BCUT2D eigenvalue weighted by molar-refractivity contribution is 0.242. The number of halogens is 2. The van der Waals surface area contributed by atoms with Gasteiger partial charge in [-0.05, 0) is 17.7 Å². The molecule has 4 rings (SSSR count). The predicted molar refractivity (Wildman–Crippen MR) is 100 cm³/mol. The molecule has 132 valence electrons. The van der Waals surface area contributed by atoms with Crippen LogP contribution in [-0.2, 0) is 19.5 Å². The second-order valence-corrected chi connectivity index (χ2v) is 7.01. The molecule has 0 bridgehead atoms. The molecule has 0 amide bonds. The van der Waals surface area contributed by atoms with Crippen LogP contribution in [0.1, 0.15) is 16.8 Å². The van der Waals surface area contributed by atoms with Crippen LogP contribution in [0.3, 0.4) is 0 Å². The standard InChI is InChI=1S/C18H15Cl2N5O/c19-13-2-1-11(15(20)5-13)8-25-4-3-16-14(9-25)18(26)24-17(23-16)12-6-21-10-22-7-12/h1-2,5-7,10H,3-4,8-9H2,(H,23,24,26). The number of fused-ring (bicyclic) bond motifs is 1. The molecular weight excluding hydrogens is 373 g/mol. The van der Waals surface area contributed by atoms with E-state index in [-0.39, 0.29) is 5.56 Å². The van der Waals surface area contributed by atoms with E-state index in [0.717, 1.165) is 17.8 Å². The molecule has 0 aliphatic carbocycles.